The second-order valence-electron chi connectivity index (χ2n) is 3.78. The molecule has 17 heavy (non-hydrogen) atoms. The van der Waals surface area contributed by atoms with Gasteiger partial charge in [-0.25, -0.2) is 9.78 Å². The van der Waals surface area contributed by atoms with Crippen LogP contribution < -0.4 is 5.46 Å². The lowest BCUT2D eigenvalue weighted by Gasteiger charge is -2.06. The number of aromatic nitrogens is 1. The van der Waals surface area contributed by atoms with Gasteiger partial charge < -0.3 is 15.2 Å². The number of hydrogen-bond donors (Lipinski definition) is 3. The maximum Gasteiger partial charge on any atom is 0.488 e. The zero-order valence-corrected chi connectivity index (χ0v) is 9.08. The molecule has 0 atom stereocenters. The first-order valence-corrected chi connectivity index (χ1v) is 5.00. The minimum atomic E-state index is -1.59. The molecule has 0 aliphatic rings. The van der Waals surface area contributed by atoms with Crippen LogP contribution in [-0.2, 0) is 0 Å². The van der Waals surface area contributed by atoms with Crippen LogP contribution in [0.2, 0.25) is 0 Å². The summed E-state index contributed by atoms with van der Waals surface area (Å²) in [6.45, 7) is 1.78. The van der Waals surface area contributed by atoms with Crippen LogP contribution in [0.5, 0.6) is 0 Å². The highest BCUT2D eigenvalue weighted by Gasteiger charge is 2.14. The van der Waals surface area contributed by atoms with E-state index in [2.05, 4.69) is 4.98 Å². The third-order valence-corrected chi connectivity index (χ3v) is 2.56. The molecular formula is C11H10BNO4. The van der Waals surface area contributed by atoms with Crippen LogP contribution in [0.4, 0.5) is 0 Å². The lowest BCUT2D eigenvalue weighted by molar-refractivity contribution is 0.0691. The predicted molar refractivity (Wildman–Crippen MR) is 63.3 cm³/mol. The molecule has 0 fully saturated rings. The molecule has 0 unspecified atom stereocenters. The fourth-order valence-corrected chi connectivity index (χ4v) is 1.69. The molecule has 6 heteroatoms. The molecule has 1 heterocycles. The molecule has 2 aromatic rings. The molecule has 0 saturated heterocycles. The molecule has 0 aliphatic heterocycles. The van der Waals surface area contributed by atoms with E-state index in [4.69, 9.17) is 15.2 Å². The summed E-state index contributed by atoms with van der Waals surface area (Å²) in [5.41, 5.74) is 1.45. The molecule has 0 bridgehead atoms. The smallest absolute Gasteiger partial charge is 0.477 e. The van der Waals surface area contributed by atoms with E-state index in [0.29, 0.717) is 5.52 Å². The minimum absolute atomic E-state index is 0.0559. The minimum Gasteiger partial charge on any atom is -0.477 e. The number of carbonyl (C=O) groups is 1. The summed E-state index contributed by atoms with van der Waals surface area (Å²) in [6, 6.07) is 6.22. The molecule has 1 aromatic heterocycles. The number of aromatic carboxylic acids is 1. The number of rotatable bonds is 2. The van der Waals surface area contributed by atoms with Crippen molar-refractivity contribution in [2.75, 3.05) is 0 Å². The largest absolute Gasteiger partial charge is 0.488 e. The van der Waals surface area contributed by atoms with Crippen LogP contribution in [0.3, 0.4) is 0 Å². The van der Waals surface area contributed by atoms with Gasteiger partial charge in [0.05, 0.1) is 5.52 Å². The van der Waals surface area contributed by atoms with Gasteiger partial charge in [0.2, 0.25) is 0 Å². The first kappa shape index (κ1) is 11.6. The van der Waals surface area contributed by atoms with Crippen molar-refractivity contribution in [1.29, 1.82) is 0 Å². The highest BCUT2D eigenvalue weighted by atomic mass is 16.4. The Morgan fingerprint density at radius 2 is 2.00 bits per heavy atom. The lowest BCUT2D eigenvalue weighted by Crippen LogP contribution is -2.29. The van der Waals surface area contributed by atoms with Crippen LogP contribution in [0.15, 0.2) is 24.3 Å². The van der Waals surface area contributed by atoms with E-state index in [1.807, 2.05) is 0 Å². The van der Waals surface area contributed by atoms with Gasteiger partial charge in [0.25, 0.3) is 0 Å². The van der Waals surface area contributed by atoms with E-state index in [-0.39, 0.29) is 11.2 Å². The maximum absolute atomic E-state index is 10.9. The van der Waals surface area contributed by atoms with Crippen molar-refractivity contribution in [1.82, 2.24) is 4.98 Å². The number of carboxylic acids is 1. The van der Waals surface area contributed by atoms with Crippen molar-refractivity contribution in [2.24, 2.45) is 0 Å². The maximum atomic E-state index is 10.9. The monoisotopic (exact) mass is 231 g/mol. The molecule has 0 spiro atoms. The Morgan fingerprint density at radius 1 is 1.29 bits per heavy atom. The molecule has 1 aromatic carbocycles. The quantitative estimate of drug-likeness (QED) is 0.629. The van der Waals surface area contributed by atoms with E-state index in [1.54, 1.807) is 19.1 Å². The Morgan fingerprint density at radius 3 is 2.59 bits per heavy atom. The van der Waals surface area contributed by atoms with Gasteiger partial charge in [-0.15, -0.1) is 0 Å². The van der Waals surface area contributed by atoms with Crippen molar-refractivity contribution in [2.45, 2.75) is 6.92 Å². The Bertz CT molecular complexity index is 597. The summed E-state index contributed by atoms with van der Waals surface area (Å²) < 4.78 is 0. The van der Waals surface area contributed by atoms with Gasteiger partial charge in [-0.05, 0) is 30.1 Å². The van der Waals surface area contributed by atoms with E-state index in [0.717, 1.165) is 10.9 Å². The zero-order chi connectivity index (χ0) is 12.6. The van der Waals surface area contributed by atoms with Crippen LogP contribution in [0.25, 0.3) is 10.9 Å². The predicted octanol–water partition coefficient (Wildman–Crippen LogP) is -0.0788. The number of aryl methyl sites for hydroxylation is 1. The van der Waals surface area contributed by atoms with Crippen LogP contribution in [-0.4, -0.2) is 33.2 Å². The summed E-state index contributed by atoms with van der Waals surface area (Å²) in [5.74, 6) is -1.11. The van der Waals surface area contributed by atoms with Crippen molar-refractivity contribution in [3.63, 3.8) is 0 Å². The molecular weight excluding hydrogens is 221 g/mol. The van der Waals surface area contributed by atoms with Gasteiger partial charge in [-0.3, -0.25) is 0 Å². The van der Waals surface area contributed by atoms with Crippen molar-refractivity contribution in [3.8, 4) is 0 Å². The molecule has 2 rings (SSSR count). The van der Waals surface area contributed by atoms with Crippen LogP contribution in [0, 0.1) is 6.92 Å². The van der Waals surface area contributed by atoms with Crippen LogP contribution in [0.1, 0.15) is 16.1 Å². The van der Waals surface area contributed by atoms with Gasteiger partial charge in [0, 0.05) is 5.39 Å². The number of nitrogens with zero attached hydrogens (tertiary/aromatic N) is 1. The van der Waals surface area contributed by atoms with E-state index >= 15 is 0 Å². The molecule has 86 valence electrons. The van der Waals surface area contributed by atoms with Crippen molar-refractivity contribution in [3.05, 3.63) is 35.5 Å². The van der Waals surface area contributed by atoms with Crippen molar-refractivity contribution >= 4 is 29.5 Å². The molecule has 0 radical (unpaired) electrons. The Hall–Kier alpha value is -1.92. The number of fused-ring (bicyclic) bond motifs is 1. The molecule has 3 N–H and O–H groups in total. The standard InChI is InChI=1S/C11H10BNO4/c1-6-4-10(11(14)15)13-9-5-7(12(16)17)2-3-8(6)9/h2-5,16-17H,1H3,(H,14,15). The first-order valence-electron chi connectivity index (χ1n) is 5.00. The SMILES string of the molecule is Cc1cc(C(=O)O)nc2cc(B(O)O)ccc12. The molecule has 5 nitrogen and oxygen atoms in total. The Kier molecular flexibility index (Phi) is 2.83. The van der Waals surface area contributed by atoms with E-state index in [1.165, 1.54) is 12.1 Å². The third-order valence-electron chi connectivity index (χ3n) is 2.56. The van der Waals surface area contributed by atoms with Gasteiger partial charge >= 0.3 is 13.1 Å². The van der Waals surface area contributed by atoms with Gasteiger partial charge in [0.15, 0.2) is 0 Å². The summed E-state index contributed by atoms with van der Waals surface area (Å²) in [4.78, 5) is 14.8. The Balaban J connectivity index is 2.70. The highest BCUT2D eigenvalue weighted by Crippen LogP contribution is 2.16. The van der Waals surface area contributed by atoms with Gasteiger partial charge in [0.1, 0.15) is 5.69 Å². The van der Waals surface area contributed by atoms with Crippen molar-refractivity contribution < 1.29 is 19.9 Å². The Labute approximate surface area is 97.5 Å². The third kappa shape index (κ3) is 2.13. The second kappa shape index (κ2) is 4.16. The fraction of sp³-hybridized carbons (Fsp3) is 0.0909. The summed E-state index contributed by atoms with van der Waals surface area (Å²) in [6.07, 6.45) is 0. The summed E-state index contributed by atoms with van der Waals surface area (Å²) in [7, 11) is -1.59. The number of carboxylic acid groups (broad SMARTS) is 1. The normalized spacial score (nSPS) is 10.5. The lowest BCUT2D eigenvalue weighted by atomic mass is 9.80. The summed E-state index contributed by atoms with van der Waals surface area (Å²) in [5, 5.41) is 27.8. The molecule has 0 amide bonds. The van der Waals surface area contributed by atoms with E-state index < -0.39 is 13.1 Å². The zero-order valence-electron chi connectivity index (χ0n) is 9.08. The fourth-order valence-electron chi connectivity index (χ4n) is 1.69. The van der Waals surface area contributed by atoms with Crippen LogP contribution >= 0.6 is 0 Å². The molecule has 0 aliphatic carbocycles. The second-order valence-corrected chi connectivity index (χ2v) is 3.78. The number of benzene rings is 1. The number of pyridine rings is 1. The van der Waals surface area contributed by atoms with E-state index in [9.17, 15) is 4.79 Å². The van der Waals surface area contributed by atoms with Gasteiger partial charge in [-0.1, -0.05) is 12.1 Å². The topological polar surface area (TPSA) is 90.7 Å². The summed E-state index contributed by atoms with van der Waals surface area (Å²) >= 11 is 0. The average Bonchev–Trinajstić information content (AvgIpc) is 2.27. The average molecular weight is 231 g/mol. The van der Waals surface area contributed by atoms with Gasteiger partial charge in [-0.2, -0.15) is 0 Å². The molecule has 0 saturated carbocycles. The number of hydrogen-bond acceptors (Lipinski definition) is 4. The highest BCUT2D eigenvalue weighted by molar-refractivity contribution is 6.58. The first-order chi connectivity index (χ1) is 7.99.